The summed E-state index contributed by atoms with van der Waals surface area (Å²) in [6, 6.07) is 8.71. The van der Waals surface area contributed by atoms with Crippen molar-refractivity contribution in [3.05, 3.63) is 47.1 Å². The second kappa shape index (κ2) is 5.26. The SMILES string of the molecule is CC1CNCC1c1nc(C2CCc3ccccc3C2)no1. The lowest BCUT2D eigenvalue weighted by atomic mass is 9.83. The number of hydrogen-bond acceptors (Lipinski definition) is 4. The molecule has 3 unspecified atom stereocenters. The third-order valence-electron chi connectivity index (χ3n) is 5.00. The molecule has 1 fully saturated rings. The van der Waals surface area contributed by atoms with Gasteiger partial charge in [-0.1, -0.05) is 36.3 Å². The summed E-state index contributed by atoms with van der Waals surface area (Å²) in [4.78, 5) is 4.72. The van der Waals surface area contributed by atoms with Crippen LogP contribution in [0.25, 0.3) is 0 Å². The Hall–Kier alpha value is -1.68. The van der Waals surface area contributed by atoms with E-state index in [1.807, 2.05) is 0 Å². The minimum absolute atomic E-state index is 0.377. The highest BCUT2D eigenvalue weighted by molar-refractivity contribution is 5.31. The zero-order chi connectivity index (χ0) is 14.2. The standard InChI is InChI=1S/C17H21N3O/c1-11-9-18-10-15(11)17-19-16(20-21-17)14-7-6-12-4-2-3-5-13(12)8-14/h2-5,11,14-15,18H,6-10H2,1H3. The molecule has 0 radical (unpaired) electrons. The number of nitrogens with one attached hydrogen (secondary N) is 1. The smallest absolute Gasteiger partial charge is 0.231 e. The molecule has 4 rings (SSSR count). The number of aryl methyl sites for hydroxylation is 1. The van der Waals surface area contributed by atoms with Crippen LogP contribution in [0.5, 0.6) is 0 Å². The molecule has 2 aromatic rings. The van der Waals surface area contributed by atoms with E-state index in [9.17, 15) is 0 Å². The van der Waals surface area contributed by atoms with E-state index < -0.39 is 0 Å². The highest BCUT2D eigenvalue weighted by Gasteiger charge is 2.31. The van der Waals surface area contributed by atoms with Crippen LogP contribution < -0.4 is 5.32 Å². The lowest BCUT2D eigenvalue weighted by Crippen LogP contribution is -2.14. The Morgan fingerprint density at radius 2 is 2.05 bits per heavy atom. The molecule has 1 aromatic heterocycles. The molecule has 4 heteroatoms. The lowest BCUT2D eigenvalue weighted by molar-refractivity contribution is 0.333. The Balaban J connectivity index is 1.54. The van der Waals surface area contributed by atoms with Gasteiger partial charge in [-0.2, -0.15) is 4.98 Å². The van der Waals surface area contributed by atoms with E-state index in [2.05, 4.69) is 41.7 Å². The zero-order valence-corrected chi connectivity index (χ0v) is 12.4. The fourth-order valence-corrected chi connectivity index (χ4v) is 3.62. The van der Waals surface area contributed by atoms with Crippen molar-refractivity contribution in [1.82, 2.24) is 15.5 Å². The van der Waals surface area contributed by atoms with Crippen molar-refractivity contribution in [3.8, 4) is 0 Å². The van der Waals surface area contributed by atoms with E-state index in [-0.39, 0.29) is 0 Å². The fraction of sp³-hybridized carbons (Fsp3) is 0.529. The Kier molecular flexibility index (Phi) is 3.26. The molecule has 21 heavy (non-hydrogen) atoms. The fourth-order valence-electron chi connectivity index (χ4n) is 3.62. The molecule has 1 aliphatic carbocycles. The average molecular weight is 283 g/mol. The minimum Gasteiger partial charge on any atom is -0.339 e. The van der Waals surface area contributed by atoms with Crippen LogP contribution in [-0.4, -0.2) is 23.2 Å². The van der Waals surface area contributed by atoms with Crippen LogP contribution >= 0.6 is 0 Å². The summed E-state index contributed by atoms with van der Waals surface area (Å²) in [5.74, 6) is 3.08. The van der Waals surface area contributed by atoms with Crippen LogP contribution in [-0.2, 0) is 12.8 Å². The first-order valence-electron chi connectivity index (χ1n) is 7.92. The van der Waals surface area contributed by atoms with Crippen LogP contribution in [0.3, 0.4) is 0 Å². The molecule has 0 amide bonds. The van der Waals surface area contributed by atoms with E-state index in [1.54, 1.807) is 0 Å². The second-order valence-corrected chi connectivity index (χ2v) is 6.44. The van der Waals surface area contributed by atoms with E-state index in [1.165, 1.54) is 11.1 Å². The Morgan fingerprint density at radius 3 is 2.86 bits per heavy atom. The van der Waals surface area contributed by atoms with Crippen LogP contribution in [0.1, 0.15) is 48.0 Å². The van der Waals surface area contributed by atoms with Crippen molar-refractivity contribution < 1.29 is 4.52 Å². The molecule has 0 spiro atoms. The van der Waals surface area contributed by atoms with Crippen LogP contribution in [0.2, 0.25) is 0 Å². The van der Waals surface area contributed by atoms with Crippen molar-refractivity contribution >= 4 is 0 Å². The van der Waals surface area contributed by atoms with Crippen LogP contribution in [0.4, 0.5) is 0 Å². The van der Waals surface area contributed by atoms with Gasteiger partial charge in [-0.25, -0.2) is 0 Å². The maximum atomic E-state index is 5.56. The number of rotatable bonds is 2. The highest BCUT2D eigenvalue weighted by Crippen LogP contribution is 2.33. The summed E-state index contributed by atoms with van der Waals surface area (Å²) in [6.07, 6.45) is 3.27. The van der Waals surface area contributed by atoms with Crippen molar-refractivity contribution in [2.45, 2.75) is 38.0 Å². The van der Waals surface area contributed by atoms with Gasteiger partial charge in [0.25, 0.3) is 0 Å². The summed E-state index contributed by atoms with van der Waals surface area (Å²) in [6.45, 7) is 4.24. The summed E-state index contributed by atoms with van der Waals surface area (Å²) < 4.78 is 5.56. The molecule has 1 aromatic carbocycles. The zero-order valence-electron chi connectivity index (χ0n) is 12.4. The molecule has 4 nitrogen and oxygen atoms in total. The molecule has 3 atom stereocenters. The Morgan fingerprint density at radius 1 is 1.19 bits per heavy atom. The minimum atomic E-state index is 0.377. The van der Waals surface area contributed by atoms with Gasteiger partial charge in [-0.3, -0.25) is 0 Å². The number of benzene rings is 1. The van der Waals surface area contributed by atoms with Crippen molar-refractivity contribution in [3.63, 3.8) is 0 Å². The molecule has 1 aliphatic heterocycles. The van der Waals surface area contributed by atoms with Gasteiger partial charge in [-0.15, -0.1) is 0 Å². The number of fused-ring (bicyclic) bond motifs is 1. The van der Waals surface area contributed by atoms with Gasteiger partial charge in [0.1, 0.15) is 0 Å². The summed E-state index contributed by atoms with van der Waals surface area (Å²) >= 11 is 0. The normalized spacial score (nSPS) is 28.5. The number of hydrogen-bond donors (Lipinski definition) is 1. The van der Waals surface area contributed by atoms with Crippen molar-refractivity contribution in [2.24, 2.45) is 5.92 Å². The van der Waals surface area contributed by atoms with Gasteiger partial charge in [0.15, 0.2) is 5.82 Å². The monoisotopic (exact) mass is 283 g/mol. The van der Waals surface area contributed by atoms with E-state index >= 15 is 0 Å². The maximum Gasteiger partial charge on any atom is 0.231 e. The molecule has 2 aliphatic rings. The number of aromatic nitrogens is 2. The average Bonchev–Trinajstić information content (AvgIpc) is 3.15. The third kappa shape index (κ3) is 2.38. The summed E-state index contributed by atoms with van der Waals surface area (Å²) in [7, 11) is 0. The second-order valence-electron chi connectivity index (χ2n) is 6.44. The highest BCUT2D eigenvalue weighted by atomic mass is 16.5. The van der Waals surface area contributed by atoms with Gasteiger partial charge in [-0.05, 0) is 42.9 Å². The first-order chi connectivity index (χ1) is 10.3. The Labute approximate surface area is 124 Å². The first-order valence-corrected chi connectivity index (χ1v) is 7.92. The Bertz CT molecular complexity index is 636. The molecule has 0 saturated carbocycles. The van der Waals surface area contributed by atoms with Gasteiger partial charge in [0.05, 0.1) is 5.92 Å². The third-order valence-corrected chi connectivity index (χ3v) is 5.00. The predicted octanol–water partition coefficient (Wildman–Crippen LogP) is 2.67. The van der Waals surface area contributed by atoms with Gasteiger partial charge in [0.2, 0.25) is 5.89 Å². The molecule has 1 N–H and O–H groups in total. The van der Waals surface area contributed by atoms with E-state index in [0.717, 1.165) is 44.1 Å². The summed E-state index contributed by atoms with van der Waals surface area (Å²) in [5.41, 5.74) is 2.92. The van der Waals surface area contributed by atoms with Crippen LogP contribution in [0, 0.1) is 5.92 Å². The van der Waals surface area contributed by atoms with Gasteiger partial charge in [0, 0.05) is 12.5 Å². The van der Waals surface area contributed by atoms with Gasteiger partial charge < -0.3 is 9.84 Å². The lowest BCUT2D eigenvalue weighted by Gasteiger charge is -2.21. The van der Waals surface area contributed by atoms with E-state index in [4.69, 9.17) is 9.51 Å². The molecule has 2 heterocycles. The largest absolute Gasteiger partial charge is 0.339 e. The summed E-state index contributed by atoms with van der Waals surface area (Å²) in [5, 5.41) is 7.67. The molecular weight excluding hydrogens is 262 g/mol. The van der Waals surface area contributed by atoms with Crippen molar-refractivity contribution in [2.75, 3.05) is 13.1 Å². The van der Waals surface area contributed by atoms with E-state index in [0.29, 0.717) is 17.8 Å². The predicted molar refractivity (Wildman–Crippen MR) is 80.3 cm³/mol. The molecule has 110 valence electrons. The topological polar surface area (TPSA) is 51.0 Å². The molecular formula is C17H21N3O. The first kappa shape index (κ1) is 13.0. The van der Waals surface area contributed by atoms with Crippen LogP contribution in [0.15, 0.2) is 28.8 Å². The van der Waals surface area contributed by atoms with Crippen molar-refractivity contribution in [1.29, 1.82) is 0 Å². The maximum absolute atomic E-state index is 5.56. The quantitative estimate of drug-likeness (QED) is 0.920. The molecule has 1 saturated heterocycles. The van der Waals surface area contributed by atoms with Gasteiger partial charge >= 0.3 is 0 Å². The molecule has 0 bridgehead atoms. The number of nitrogens with zero attached hydrogens (tertiary/aromatic N) is 2.